The molecule has 0 radical (unpaired) electrons. The van der Waals surface area contributed by atoms with Crippen LogP contribution in [0.1, 0.15) is 17.0 Å². The van der Waals surface area contributed by atoms with E-state index in [1.165, 1.54) is 23.0 Å². The van der Waals surface area contributed by atoms with E-state index in [2.05, 4.69) is 15.5 Å². The number of aryl methyl sites for hydroxylation is 1. The third-order valence-corrected chi connectivity index (χ3v) is 4.44. The summed E-state index contributed by atoms with van der Waals surface area (Å²) < 4.78 is 16.4. The standard InChI is InChI=1S/C17H16Cl2FN5O/c1-10-17(22-16(26)9-24-8-13(18)6-21-24)11(2)25(23-10)7-12-3-4-14(20)5-15(12)19/h3-6,8H,7,9H2,1-2H3,(H,22,26). The van der Waals surface area contributed by atoms with Crippen LogP contribution in [0.3, 0.4) is 0 Å². The molecule has 0 fully saturated rings. The lowest BCUT2D eigenvalue weighted by atomic mass is 10.2. The smallest absolute Gasteiger partial charge is 0.246 e. The largest absolute Gasteiger partial charge is 0.321 e. The number of carbonyl (C=O) groups is 1. The highest BCUT2D eigenvalue weighted by Crippen LogP contribution is 2.23. The number of amides is 1. The van der Waals surface area contributed by atoms with Crippen LogP contribution in [0.2, 0.25) is 10.0 Å². The Labute approximate surface area is 159 Å². The maximum atomic E-state index is 13.2. The molecule has 1 amide bonds. The Hall–Kier alpha value is -2.38. The summed E-state index contributed by atoms with van der Waals surface area (Å²) in [6, 6.07) is 4.24. The number of benzene rings is 1. The molecule has 0 aliphatic rings. The van der Waals surface area contributed by atoms with Gasteiger partial charge in [-0.2, -0.15) is 10.2 Å². The zero-order chi connectivity index (χ0) is 18.8. The number of hydrogen-bond acceptors (Lipinski definition) is 3. The second-order valence-corrected chi connectivity index (χ2v) is 6.69. The van der Waals surface area contributed by atoms with Gasteiger partial charge in [0.15, 0.2) is 0 Å². The van der Waals surface area contributed by atoms with E-state index in [0.29, 0.717) is 28.0 Å². The minimum Gasteiger partial charge on any atom is -0.321 e. The van der Waals surface area contributed by atoms with Crippen molar-refractivity contribution in [3.63, 3.8) is 0 Å². The zero-order valence-electron chi connectivity index (χ0n) is 14.1. The van der Waals surface area contributed by atoms with Gasteiger partial charge in [0.2, 0.25) is 5.91 Å². The van der Waals surface area contributed by atoms with Crippen molar-refractivity contribution in [2.24, 2.45) is 0 Å². The molecule has 2 aromatic heterocycles. The third kappa shape index (κ3) is 4.05. The van der Waals surface area contributed by atoms with Crippen molar-refractivity contribution >= 4 is 34.8 Å². The molecule has 26 heavy (non-hydrogen) atoms. The fourth-order valence-corrected chi connectivity index (χ4v) is 2.98. The van der Waals surface area contributed by atoms with Gasteiger partial charge in [0.25, 0.3) is 0 Å². The molecule has 0 atom stereocenters. The van der Waals surface area contributed by atoms with Crippen LogP contribution in [0.4, 0.5) is 10.1 Å². The van der Waals surface area contributed by atoms with Gasteiger partial charge in [0, 0.05) is 11.2 Å². The molecule has 1 N–H and O–H groups in total. The Morgan fingerprint density at radius 2 is 2.08 bits per heavy atom. The Balaban J connectivity index is 1.76. The maximum Gasteiger partial charge on any atom is 0.246 e. The van der Waals surface area contributed by atoms with E-state index >= 15 is 0 Å². The van der Waals surface area contributed by atoms with Crippen LogP contribution >= 0.6 is 23.2 Å². The first-order chi connectivity index (χ1) is 12.3. The van der Waals surface area contributed by atoms with E-state index in [1.54, 1.807) is 23.9 Å². The summed E-state index contributed by atoms with van der Waals surface area (Å²) in [7, 11) is 0. The van der Waals surface area contributed by atoms with Crippen molar-refractivity contribution < 1.29 is 9.18 Å². The summed E-state index contributed by atoms with van der Waals surface area (Å²) in [4.78, 5) is 12.2. The number of carbonyl (C=O) groups excluding carboxylic acids is 1. The van der Waals surface area contributed by atoms with Gasteiger partial charge in [0.1, 0.15) is 12.4 Å². The van der Waals surface area contributed by atoms with Crippen LogP contribution in [0.5, 0.6) is 0 Å². The molecule has 136 valence electrons. The van der Waals surface area contributed by atoms with Crippen molar-refractivity contribution in [1.82, 2.24) is 19.6 Å². The fourth-order valence-electron chi connectivity index (χ4n) is 2.59. The molecule has 0 unspecified atom stereocenters. The number of nitrogens with one attached hydrogen (secondary N) is 1. The van der Waals surface area contributed by atoms with Crippen molar-refractivity contribution in [1.29, 1.82) is 0 Å². The van der Waals surface area contributed by atoms with Crippen LogP contribution in [0.15, 0.2) is 30.6 Å². The first-order valence-corrected chi connectivity index (χ1v) is 8.55. The van der Waals surface area contributed by atoms with Crippen molar-refractivity contribution in [2.75, 3.05) is 5.32 Å². The summed E-state index contributed by atoms with van der Waals surface area (Å²) in [6.45, 7) is 4.06. The molecule has 0 spiro atoms. The van der Waals surface area contributed by atoms with Gasteiger partial charge in [0.05, 0.1) is 34.8 Å². The second-order valence-electron chi connectivity index (χ2n) is 5.84. The Morgan fingerprint density at radius 1 is 1.31 bits per heavy atom. The van der Waals surface area contributed by atoms with Crippen molar-refractivity contribution in [3.8, 4) is 0 Å². The van der Waals surface area contributed by atoms with Gasteiger partial charge >= 0.3 is 0 Å². The lowest BCUT2D eigenvalue weighted by molar-refractivity contribution is -0.116. The molecule has 1 aromatic carbocycles. The van der Waals surface area contributed by atoms with Crippen LogP contribution in [-0.4, -0.2) is 25.5 Å². The highest BCUT2D eigenvalue weighted by atomic mass is 35.5. The van der Waals surface area contributed by atoms with Crippen LogP contribution in [0.25, 0.3) is 0 Å². The van der Waals surface area contributed by atoms with Crippen molar-refractivity contribution in [3.05, 3.63) is 63.4 Å². The van der Waals surface area contributed by atoms with E-state index in [9.17, 15) is 9.18 Å². The molecule has 0 bridgehead atoms. The van der Waals surface area contributed by atoms with Crippen LogP contribution in [-0.2, 0) is 17.9 Å². The molecule has 3 rings (SSSR count). The van der Waals surface area contributed by atoms with Gasteiger partial charge in [-0.15, -0.1) is 0 Å². The molecule has 2 heterocycles. The highest BCUT2D eigenvalue weighted by Gasteiger charge is 2.16. The topological polar surface area (TPSA) is 64.7 Å². The number of anilines is 1. The predicted octanol–water partition coefficient (Wildman–Crippen LogP) is 3.83. The van der Waals surface area contributed by atoms with E-state index in [4.69, 9.17) is 23.2 Å². The van der Waals surface area contributed by atoms with Crippen LogP contribution in [0, 0.1) is 19.7 Å². The molecule has 0 aliphatic carbocycles. The monoisotopic (exact) mass is 395 g/mol. The Morgan fingerprint density at radius 3 is 2.73 bits per heavy atom. The van der Waals surface area contributed by atoms with Gasteiger partial charge < -0.3 is 5.32 Å². The molecular formula is C17H16Cl2FN5O. The van der Waals surface area contributed by atoms with E-state index in [-0.39, 0.29) is 12.5 Å². The van der Waals surface area contributed by atoms with Crippen molar-refractivity contribution in [2.45, 2.75) is 26.9 Å². The van der Waals surface area contributed by atoms with E-state index < -0.39 is 5.82 Å². The first kappa shape index (κ1) is 18.4. The number of nitrogens with zero attached hydrogens (tertiary/aromatic N) is 4. The number of rotatable bonds is 5. The number of hydrogen-bond donors (Lipinski definition) is 1. The normalized spacial score (nSPS) is 11.0. The molecule has 0 saturated carbocycles. The van der Waals surface area contributed by atoms with E-state index in [0.717, 1.165) is 11.3 Å². The quantitative estimate of drug-likeness (QED) is 0.713. The lowest BCUT2D eigenvalue weighted by Crippen LogP contribution is -2.19. The minimum absolute atomic E-state index is 0.0422. The molecule has 9 heteroatoms. The first-order valence-electron chi connectivity index (χ1n) is 7.79. The SMILES string of the molecule is Cc1nn(Cc2ccc(F)cc2Cl)c(C)c1NC(=O)Cn1cc(Cl)cn1. The average molecular weight is 396 g/mol. The number of aromatic nitrogens is 4. The highest BCUT2D eigenvalue weighted by molar-refractivity contribution is 6.31. The Bertz CT molecular complexity index is 966. The Kier molecular flexibility index (Phi) is 5.29. The molecular weight excluding hydrogens is 380 g/mol. The summed E-state index contributed by atoms with van der Waals surface area (Å²) in [6.07, 6.45) is 3.04. The fraction of sp³-hybridized carbons (Fsp3) is 0.235. The second kappa shape index (κ2) is 7.47. The molecule has 0 saturated heterocycles. The van der Waals surface area contributed by atoms with Gasteiger partial charge in [-0.25, -0.2) is 4.39 Å². The molecule has 6 nitrogen and oxygen atoms in total. The molecule has 0 aliphatic heterocycles. The van der Waals surface area contributed by atoms with E-state index in [1.807, 2.05) is 6.92 Å². The van der Waals surface area contributed by atoms with Gasteiger partial charge in [-0.05, 0) is 31.5 Å². The van der Waals surface area contributed by atoms with Gasteiger partial charge in [-0.3, -0.25) is 14.2 Å². The third-order valence-electron chi connectivity index (χ3n) is 3.89. The maximum absolute atomic E-state index is 13.2. The van der Waals surface area contributed by atoms with Crippen LogP contribution < -0.4 is 5.32 Å². The zero-order valence-corrected chi connectivity index (χ0v) is 15.6. The lowest BCUT2D eigenvalue weighted by Gasteiger charge is -2.08. The summed E-state index contributed by atoms with van der Waals surface area (Å²) in [5.41, 5.74) is 2.82. The summed E-state index contributed by atoms with van der Waals surface area (Å²) in [5, 5.41) is 12.1. The van der Waals surface area contributed by atoms with Gasteiger partial charge in [-0.1, -0.05) is 29.3 Å². The predicted molar refractivity (Wildman–Crippen MR) is 98.1 cm³/mol. The summed E-state index contributed by atoms with van der Waals surface area (Å²) >= 11 is 11.9. The summed E-state index contributed by atoms with van der Waals surface area (Å²) in [5.74, 6) is -0.630. The average Bonchev–Trinajstić information content (AvgIpc) is 3.08. The molecule has 3 aromatic rings. The minimum atomic E-state index is -0.390. The number of halogens is 3.